The molecule has 3 nitrogen and oxygen atoms in total. The SMILES string of the molecule is CNC(=O)CCSc1ccc(CNC2CC2)cc1. The van der Waals surface area contributed by atoms with Gasteiger partial charge in [0, 0.05) is 36.7 Å². The quantitative estimate of drug-likeness (QED) is 0.742. The number of amides is 1. The maximum absolute atomic E-state index is 11.1. The standard InChI is InChI=1S/C14H20N2OS/c1-15-14(17)8-9-18-13-6-2-11(3-7-13)10-16-12-4-5-12/h2-3,6-7,12,16H,4-5,8-10H2,1H3,(H,15,17). The van der Waals surface area contributed by atoms with Gasteiger partial charge in [-0.3, -0.25) is 4.79 Å². The molecule has 0 aliphatic heterocycles. The minimum absolute atomic E-state index is 0.104. The second-order valence-corrected chi connectivity index (χ2v) is 5.74. The molecule has 0 radical (unpaired) electrons. The summed E-state index contributed by atoms with van der Waals surface area (Å²) in [6, 6.07) is 9.36. The average molecular weight is 264 g/mol. The Balaban J connectivity index is 1.70. The molecule has 0 spiro atoms. The number of nitrogens with one attached hydrogen (secondary N) is 2. The average Bonchev–Trinajstić information content (AvgIpc) is 3.21. The minimum atomic E-state index is 0.104. The van der Waals surface area contributed by atoms with Crippen molar-refractivity contribution in [2.45, 2.75) is 36.7 Å². The van der Waals surface area contributed by atoms with E-state index in [1.807, 2.05) is 0 Å². The van der Waals surface area contributed by atoms with Crippen LogP contribution in [-0.4, -0.2) is 24.7 Å². The number of thioether (sulfide) groups is 1. The van der Waals surface area contributed by atoms with Crippen molar-refractivity contribution in [2.75, 3.05) is 12.8 Å². The van der Waals surface area contributed by atoms with Crippen molar-refractivity contribution >= 4 is 17.7 Å². The maximum atomic E-state index is 11.1. The molecule has 0 aromatic heterocycles. The molecule has 98 valence electrons. The number of carbonyl (C=O) groups excluding carboxylic acids is 1. The summed E-state index contributed by atoms with van der Waals surface area (Å²) in [6.07, 6.45) is 3.23. The van der Waals surface area contributed by atoms with Crippen molar-refractivity contribution < 1.29 is 4.79 Å². The first-order valence-electron chi connectivity index (χ1n) is 6.43. The molecule has 0 bridgehead atoms. The summed E-state index contributed by atoms with van der Waals surface area (Å²) in [7, 11) is 1.68. The van der Waals surface area contributed by atoms with Gasteiger partial charge in [0.25, 0.3) is 0 Å². The number of carbonyl (C=O) groups is 1. The highest BCUT2D eigenvalue weighted by Crippen LogP contribution is 2.21. The van der Waals surface area contributed by atoms with Gasteiger partial charge in [0.05, 0.1) is 0 Å². The summed E-state index contributed by atoms with van der Waals surface area (Å²) in [5.41, 5.74) is 1.33. The van der Waals surface area contributed by atoms with Crippen LogP contribution in [0.25, 0.3) is 0 Å². The summed E-state index contributed by atoms with van der Waals surface area (Å²) in [5, 5.41) is 6.13. The molecule has 1 aliphatic carbocycles. The first-order valence-corrected chi connectivity index (χ1v) is 7.42. The molecule has 18 heavy (non-hydrogen) atoms. The van der Waals surface area contributed by atoms with Crippen molar-refractivity contribution in [3.8, 4) is 0 Å². The highest BCUT2D eigenvalue weighted by atomic mass is 32.2. The molecule has 1 aromatic rings. The molecule has 0 saturated heterocycles. The molecule has 4 heteroatoms. The van der Waals surface area contributed by atoms with E-state index in [4.69, 9.17) is 0 Å². The van der Waals surface area contributed by atoms with Crippen LogP contribution in [-0.2, 0) is 11.3 Å². The van der Waals surface area contributed by atoms with Crippen molar-refractivity contribution in [1.29, 1.82) is 0 Å². The van der Waals surface area contributed by atoms with Gasteiger partial charge >= 0.3 is 0 Å². The Labute approximate surface area is 113 Å². The third kappa shape index (κ3) is 4.70. The largest absolute Gasteiger partial charge is 0.359 e. The van der Waals surface area contributed by atoms with E-state index in [-0.39, 0.29) is 5.91 Å². The minimum Gasteiger partial charge on any atom is -0.359 e. The van der Waals surface area contributed by atoms with E-state index in [9.17, 15) is 4.79 Å². The fourth-order valence-electron chi connectivity index (χ4n) is 1.64. The lowest BCUT2D eigenvalue weighted by Crippen LogP contribution is -2.17. The van der Waals surface area contributed by atoms with Crippen molar-refractivity contribution in [3.05, 3.63) is 29.8 Å². The predicted molar refractivity (Wildman–Crippen MR) is 75.7 cm³/mol. The van der Waals surface area contributed by atoms with E-state index in [0.29, 0.717) is 6.42 Å². The molecule has 2 rings (SSSR count). The monoisotopic (exact) mass is 264 g/mol. The van der Waals surface area contributed by atoms with Crippen LogP contribution in [0.3, 0.4) is 0 Å². The summed E-state index contributed by atoms with van der Waals surface area (Å²) < 4.78 is 0. The van der Waals surface area contributed by atoms with Gasteiger partial charge in [-0.1, -0.05) is 12.1 Å². The van der Waals surface area contributed by atoms with Gasteiger partial charge in [-0.15, -0.1) is 11.8 Å². The van der Waals surface area contributed by atoms with Crippen molar-refractivity contribution in [1.82, 2.24) is 10.6 Å². The zero-order valence-electron chi connectivity index (χ0n) is 10.7. The van der Waals surface area contributed by atoms with Gasteiger partial charge in [0.15, 0.2) is 0 Å². The molecule has 1 saturated carbocycles. The van der Waals surface area contributed by atoms with Gasteiger partial charge in [-0.05, 0) is 30.5 Å². The van der Waals surface area contributed by atoms with E-state index in [0.717, 1.165) is 18.3 Å². The lowest BCUT2D eigenvalue weighted by Gasteiger charge is -2.05. The van der Waals surface area contributed by atoms with Crippen molar-refractivity contribution in [2.24, 2.45) is 0 Å². The van der Waals surface area contributed by atoms with Crippen LogP contribution in [0.1, 0.15) is 24.8 Å². The predicted octanol–water partition coefficient (Wildman–Crippen LogP) is 2.17. The fraction of sp³-hybridized carbons (Fsp3) is 0.500. The molecule has 0 atom stereocenters. The van der Waals surface area contributed by atoms with E-state index in [1.54, 1.807) is 18.8 Å². The Kier molecular flexibility index (Phi) is 5.08. The van der Waals surface area contributed by atoms with Gasteiger partial charge < -0.3 is 10.6 Å². The van der Waals surface area contributed by atoms with Crippen LogP contribution >= 0.6 is 11.8 Å². The maximum Gasteiger partial charge on any atom is 0.220 e. The molecule has 1 aromatic carbocycles. The number of rotatable bonds is 7. The molecular weight excluding hydrogens is 244 g/mol. The van der Waals surface area contributed by atoms with Gasteiger partial charge in [0.1, 0.15) is 0 Å². The van der Waals surface area contributed by atoms with Crippen LogP contribution in [0, 0.1) is 0 Å². The molecule has 0 unspecified atom stereocenters. The third-order valence-electron chi connectivity index (χ3n) is 2.97. The summed E-state index contributed by atoms with van der Waals surface area (Å²) >= 11 is 1.73. The van der Waals surface area contributed by atoms with Gasteiger partial charge in [-0.2, -0.15) is 0 Å². The van der Waals surface area contributed by atoms with Gasteiger partial charge in [-0.25, -0.2) is 0 Å². The van der Waals surface area contributed by atoms with E-state index in [2.05, 4.69) is 34.9 Å². The number of benzene rings is 1. The zero-order valence-corrected chi connectivity index (χ0v) is 11.6. The Morgan fingerprint density at radius 2 is 2.06 bits per heavy atom. The third-order valence-corrected chi connectivity index (χ3v) is 3.99. The molecule has 1 aliphatic rings. The van der Waals surface area contributed by atoms with Crippen LogP contribution < -0.4 is 10.6 Å². The van der Waals surface area contributed by atoms with Crippen LogP contribution in [0.4, 0.5) is 0 Å². The summed E-state index contributed by atoms with van der Waals surface area (Å²) in [5.74, 6) is 0.937. The normalized spacial score (nSPS) is 14.5. The zero-order chi connectivity index (χ0) is 12.8. The molecular formula is C14H20N2OS. The first kappa shape index (κ1) is 13.4. The van der Waals surface area contributed by atoms with Crippen LogP contribution in [0.15, 0.2) is 29.2 Å². The smallest absolute Gasteiger partial charge is 0.220 e. The highest BCUT2D eigenvalue weighted by molar-refractivity contribution is 7.99. The van der Waals surface area contributed by atoms with Crippen LogP contribution in [0.2, 0.25) is 0 Å². The first-order chi connectivity index (χ1) is 8.78. The lowest BCUT2D eigenvalue weighted by atomic mass is 10.2. The van der Waals surface area contributed by atoms with E-state index < -0.39 is 0 Å². The lowest BCUT2D eigenvalue weighted by molar-refractivity contribution is -0.120. The summed E-state index contributed by atoms with van der Waals surface area (Å²) in [4.78, 5) is 12.3. The van der Waals surface area contributed by atoms with Gasteiger partial charge in [0.2, 0.25) is 5.91 Å². The highest BCUT2D eigenvalue weighted by Gasteiger charge is 2.19. The summed E-state index contributed by atoms with van der Waals surface area (Å²) in [6.45, 7) is 0.966. The second kappa shape index (κ2) is 6.81. The van der Waals surface area contributed by atoms with E-state index in [1.165, 1.54) is 23.3 Å². The Hall–Kier alpha value is -1.00. The number of hydrogen-bond acceptors (Lipinski definition) is 3. The van der Waals surface area contributed by atoms with E-state index >= 15 is 0 Å². The van der Waals surface area contributed by atoms with Crippen molar-refractivity contribution in [3.63, 3.8) is 0 Å². The second-order valence-electron chi connectivity index (χ2n) is 4.57. The number of hydrogen-bond donors (Lipinski definition) is 2. The molecule has 0 heterocycles. The Morgan fingerprint density at radius 1 is 1.33 bits per heavy atom. The molecule has 2 N–H and O–H groups in total. The Morgan fingerprint density at radius 3 is 2.67 bits per heavy atom. The molecule has 1 amide bonds. The van der Waals surface area contributed by atoms with Crippen LogP contribution in [0.5, 0.6) is 0 Å². The molecule has 1 fully saturated rings. The topological polar surface area (TPSA) is 41.1 Å². The Bertz CT molecular complexity index is 387. The fourth-order valence-corrected chi connectivity index (χ4v) is 2.49.